The second-order valence-electron chi connectivity index (χ2n) is 3.85. The van der Waals surface area contributed by atoms with Crippen molar-refractivity contribution in [2.75, 3.05) is 0 Å². The monoisotopic (exact) mass is 275 g/mol. The van der Waals surface area contributed by atoms with Gasteiger partial charge < -0.3 is 4.74 Å². The summed E-state index contributed by atoms with van der Waals surface area (Å²) in [5.74, 6) is 0.777. The summed E-state index contributed by atoms with van der Waals surface area (Å²) >= 11 is 7.80. The zero-order chi connectivity index (χ0) is 12.4. The average molecular weight is 276 g/mol. The lowest BCUT2D eigenvalue weighted by atomic mass is 10.2. The number of fused-ring (bicyclic) bond motifs is 1. The van der Waals surface area contributed by atoms with Gasteiger partial charge in [-0.3, -0.25) is 4.98 Å². The molecule has 0 atom stereocenters. The summed E-state index contributed by atoms with van der Waals surface area (Å²) in [6.07, 6.45) is 3.44. The van der Waals surface area contributed by atoms with Gasteiger partial charge in [0, 0.05) is 17.1 Å². The van der Waals surface area contributed by atoms with Gasteiger partial charge in [0.2, 0.25) is 0 Å². The van der Waals surface area contributed by atoms with Gasteiger partial charge in [0.1, 0.15) is 12.4 Å². The van der Waals surface area contributed by atoms with E-state index in [0.717, 1.165) is 26.4 Å². The Balaban J connectivity index is 1.85. The average Bonchev–Trinajstić information content (AvgIpc) is 2.82. The van der Waals surface area contributed by atoms with Crippen molar-refractivity contribution in [1.29, 1.82) is 0 Å². The predicted molar refractivity (Wildman–Crippen MR) is 75.4 cm³/mol. The van der Waals surface area contributed by atoms with Crippen molar-refractivity contribution in [3.8, 4) is 5.75 Å². The zero-order valence-electron chi connectivity index (χ0n) is 9.47. The number of benzene rings is 1. The lowest BCUT2D eigenvalue weighted by molar-refractivity contribution is 0.307. The number of hydrogen-bond acceptors (Lipinski definition) is 3. The maximum Gasteiger partial charge on any atom is 0.138 e. The van der Waals surface area contributed by atoms with Gasteiger partial charge in [-0.05, 0) is 23.6 Å². The molecule has 0 unspecified atom stereocenters. The molecule has 4 heteroatoms. The third-order valence-electron chi connectivity index (χ3n) is 2.66. The summed E-state index contributed by atoms with van der Waals surface area (Å²) in [5.41, 5.74) is 1.15. The number of thiophene rings is 1. The first-order chi connectivity index (χ1) is 8.84. The molecule has 1 aromatic carbocycles. The molecule has 0 N–H and O–H groups in total. The minimum absolute atomic E-state index is 0.534. The van der Waals surface area contributed by atoms with E-state index < -0.39 is 0 Å². The number of nitrogens with zero attached hydrogens (tertiary/aromatic N) is 1. The van der Waals surface area contributed by atoms with Crippen LogP contribution in [0.3, 0.4) is 0 Å². The smallest absolute Gasteiger partial charge is 0.138 e. The van der Waals surface area contributed by atoms with E-state index in [1.807, 2.05) is 24.3 Å². The molecule has 3 rings (SSSR count). The molecule has 2 nitrogen and oxygen atoms in total. The first kappa shape index (κ1) is 11.5. The highest BCUT2D eigenvalue weighted by Crippen LogP contribution is 2.32. The summed E-state index contributed by atoms with van der Waals surface area (Å²) in [6.45, 7) is 0.534. The largest absolute Gasteiger partial charge is 0.487 e. The second-order valence-corrected chi connectivity index (χ2v) is 5.14. The molecule has 2 aromatic heterocycles. The third-order valence-corrected chi connectivity index (χ3v) is 4.17. The van der Waals surface area contributed by atoms with Crippen molar-refractivity contribution in [2.24, 2.45) is 0 Å². The zero-order valence-corrected chi connectivity index (χ0v) is 11.0. The maximum atomic E-state index is 6.15. The van der Waals surface area contributed by atoms with Gasteiger partial charge in [0.05, 0.1) is 15.9 Å². The Labute approximate surface area is 114 Å². The molecule has 3 aromatic rings. The topological polar surface area (TPSA) is 22.1 Å². The SMILES string of the molecule is Clc1cccc2c(COc3cccnc3)csc12. The second kappa shape index (κ2) is 4.96. The van der Waals surface area contributed by atoms with E-state index in [-0.39, 0.29) is 0 Å². The van der Waals surface area contributed by atoms with Gasteiger partial charge in [0.25, 0.3) is 0 Å². The highest BCUT2D eigenvalue weighted by molar-refractivity contribution is 7.18. The fourth-order valence-corrected chi connectivity index (χ4v) is 3.05. The fraction of sp³-hybridized carbons (Fsp3) is 0.0714. The summed E-state index contributed by atoms with van der Waals surface area (Å²) < 4.78 is 6.81. The molecule has 2 heterocycles. The van der Waals surface area contributed by atoms with Gasteiger partial charge in [-0.15, -0.1) is 11.3 Å². The Morgan fingerprint density at radius 1 is 1.22 bits per heavy atom. The minimum Gasteiger partial charge on any atom is -0.487 e. The Morgan fingerprint density at radius 3 is 3.00 bits per heavy atom. The van der Waals surface area contributed by atoms with Crippen LogP contribution in [0.4, 0.5) is 0 Å². The van der Waals surface area contributed by atoms with E-state index >= 15 is 0 Å². The predicted octanol–water partition coefficient (Wildman–Crippen LogP) is 4.53. The lowest BCUT2D eigenvalue weighted by Crippen LogP contribution is -1.94. The number of pyridine rings is 1. The standard InChI is InChI=1S/C14H10ClNOS/c15-13-5-1-4-12-10(9-18-14(12)13)8-17-11-3-2-6-16-7-11/h1-7,9H,8H2. The van der Waals surface area contributed by atoms with Crippen LogP contribution < -0.4 is 4.74 Å². The maximum absolute atomic E-state index is 6.15. The molecular formula is C14H10ClNOS. The number of aromatic nitrogens is 1. The van der Waals surface area contributed by atoms with E-state index in [4.69, 9.17) is 16.3 Å². The molecule has 90 valence electrons. The molecule has 18 heavy (non-hydrogen) atoms. The van der Waals surface area contributed by atoms with Gasteiger partial charge in [0.15, 0.2) is 0 Å². The number of hydrogen-bond donors (Lipinski definition) is 0. The Bertz CT molecular complexity index is 666. The summed E-state index contributed by atoms with van der Waals surface area (Å²) in [6, 6.07) is 9.70. The number of rotatable bonds is 3. The van der Waals surface area contributed by atoms with Crippen LogP contribution in [-0.4, -0.2) is 4.98 Å². The van der Waals surface area contributed by atoms with Crippen molar-refractivity contribution >= 4 is 33.0 Å². The Kier molecular flexibility index (Phi) is 3.17. The first-order valence-electron chi connectivity index (χ1n) is 5.52. The first-order valence-corrected chi connectivity index (χ1v) is 6.78. The third kappa shape index (κ3) is 2.19. The van der Waals surface area contributed by atoms with E-state index in [9.17, 15) is 0 Å². The van der Waals surface area contributed by atoms with Crippen LogP contribution in [0.15, 0.2) is 48.1 Å². The van der Waals surface area contributed by atoms with Crippen molar-refractivity contribution in [3.05, 3.63) is 58.7 Å². The molecule has 0 saturated heterocycles. The quantitative estimate of drug-likeness (QED) is 0.701. The lowest BCUT2D eigenvalue weighted by Gasteiger charge is -2.04. The van der Waals surface area contributed by atoms with Gasteiger partial charge in [-0.2, -0.15) is 0 Å². The fourth-order valence-electron chi connectivity index (χ4n) is 1.78. The van der Waals surface area contributed by atoms with Crippen molar-refractivity contribution in [2.45, 2.75) is 6.61 Å². The highest BCUT2D eigenvalue weighted by atomic mass is 35.5. The normalized spacial score (nSPS) is 10.7. The number of halogens is 1. The summed E-state index contributed by atoms with van der Waals surface area (Å²) in [5, 5.41) is 4.05. The van der Waals surface area contributed by atoms with Gasteiger partial charge in [-0.25, -0.2) is 0 Å². The van der Waals surface area contributed by atoms with Gasteiger partial charge in [-0.1, -0.05) is 23.7 Å². The van der Waals surface area contributed by atoms with Crippen LogP contribution in [0.5, 0.6) is 5.75 Å². The molecular weight excluding hydrogens is 266 g/mol. The van der Waals surface area contributed by atoms with Crippen molar-refractivity contribution in [3.63, 3.8) is 0 Å². The van der Waals surface area contributed by atoms with Gasteiger partial charge >= 0.3 is 0 Å². The van der Waals surface area contributed by atoms with Crippen LogP contribution >= 0.6 is 22.9 Å². The molecule has 0 spiro atoms. The summed E-state index contributed by atoms with van der Waals surface area (Å²) in [4.78, 5) is 4.02. The Hall–Kier alpha value is -1.58. The molecule has 0 amide bonds. The number of ether oxygens (including phenoxy) is 1. The van der Waals surface area contributed by atoms with E-state index in [2.05, 4.69) is 16.4 Å². The van der Waals surface area contributed by atoms with Crippen LogP contribution in [0, 0.1) is 0 Å². The van der Waals surface area contributed by atoms with Crippen LogP contribution in [-0.2, 0) is 6.61 Å². The van der Waals surface area contributed by atoms with Crippen molar-refractivity contribution in [1.82, 2.24) is 4.98 Å². The molecule has 0 radical (unpaired) electrons. The molecule has 0 bridgehead atoms. The summed E-state index contributed by atoms with van der Waals surface area (Å²) in [7, 11) is 0. The molecule has 0 saturated carbocycles. The van der Waals surface area contributed by atoms with E-state index in [1.165, 1.54) is 0 Å². The Morgan fingerprint density at radius 2 is 2.17 bits per heavy atom. The van der Waals surface area contributed by atoms with Crippen LogP contribution in [0.25, 0.3) is 10.1 Å². The molecule has 0 aliphatic heterocycles. The molecule has 0 aliphatic carbocycles. The van der Waals surface area contributed by atoms with Crippen molar-refractivity contribution < 1.29 is 4.74 Å². The molecule has 0 aliphatic rings. The van der Waals surface area contributed by atoms with Crippen LogP contribution in [0.2, 0.25) is 5.02 Å². The highest BCUT2D eigenvalue weighted by Gasteiger charge is 2.07. The van der Waals surface area contributed by atoms with E-state index in [1.54, 1.807) is 23.7 Å². The minimum atomic E-state index is 0.534. The van der Waals surface area contributed by atoms with E-state index in [0.29, 0.717) is 6.61 Å². The van der Waals surface area contributed by atoms with Crippen LogP contribution in [0.1, 0.15) is 5.56 Å². The molecule has 0 fully saturated rings.